The van der Waals surface area contributed by atoms with Gasteiger partial charge in [0.25, 0.3) is 0 Å². The molecule has 0 spiro atoms. The molecule has 0 bridgehead atoms. The van der Waals surface area contributed by atoms with Gasteiger partial charge in [0, 0.05) is 40.6 Å². The third-order valence-electron chi connectivity index (χ3n) is 2.56. The Balaban J connectivity index is 2.44. The van der Waals surface area contributed by atoms with E-state index in [2.05, 4.69) is 5.32 Å². The highest BCUT2D eigenvalue weighted by molar-refractivity contribution is 7.84. The molecule has 1 aromatic rings. The van der Waals surface area contributed by atoms with Crippen LogP contribution in [0.15, 0.2) is 30.3 Å². The molecular formula is C14H20N2O2S. The monoisotopic (exact) mass is 280 g/mol. The maximum absolute atomic E-state index is 11.7. The van der Waals surface area contributed by atoms with E-state index < -0.39 is 10.8 Å². The van der Waals surface area contributed by atoms with E-state index in [1.807, 2.05) is 19.1 Å². The standard InChI is InChI=1S/C14H20N2O2S/c1-11(8-9-19(2)18)16-14(17)7-6-12-4-3-5-13(15)10-12/h3-7,10-11H,8-9,15H2,1-2H3,(H,16,17)/b7-6+. The molecule has 0 aliphatic rings. The average Bonchev–Trinajstić information content (AvgIpc) is 2.34. The van der Waals surface area contributed by atoms with Crippen molar-refractivity contribution in [3.05, 3.63) is 35.9 Å². The van der Waals surface area contributed by atoms with Crippen LogP contribution in [0.25, 0.3) is 6.08 Å². The summed E-state index contributed by atoms with van der Waals surface area (Å²) in [7, 11) is -0.820. The van der Waals surface area contributed by atoms with Gasteiger partial charge in [-0.3, -0.25) is 9.00 Å². The minimum atomic E-state index is -0.820. The van der Waals surface area contributed by atoms with E-state index >= 15 is 0 Å². The number of hydrogen-bond acceptors (Lipinski definition) is 3. The van der Waals surface area contributed by atoms with Crippen molar-refractivity contribution in [3.8, 4) is 0 Å². The van der Waals surface area contributed by atoms with Gasteiger partial charge in [0.05, 0.1) is 0 Å². The third kappa shape index (κ3) is 6.76. The second-order valence-electron chi connectivity index (χ2n) is 4.48. The molecule has 104 valence electrons. The molecule has 0 saturated heterocycles. The summed E-state index contributed by atoms with van der Waals surface area (Å²) in [5.74, 6) is 0.442. The summed E-state index contributed by atoms with van der Waals surface area (Å²) in [6, 6.07) is 7.33. The molecule has 19 heavy (non-hydrogen) atoms. The fourth-order valence-corrected chi connectivity index (χ4v) is 2.23. The van der Waals surface area contributed by atoms with Crippen LogP contribution in [0.4, 0.5) is 5.69 Å². The SMILES string of the molecule is CC(CCS(C)=O)NC(=O)/C=C/c1cccc(N)c1. The molecule has 0 radical (unpaired) electrons. The molecule has 4 nitrogen and oxygen atoms in total. The second kappa shape index (κ2) is 7.74. The highest BCUT2D eigenvalue weighted by Gasteiger charge is 2.05. The van der Waals surface area contributed by atoms with Crippen LogP contribution in [0.5, 0.6) is 0 Å². The molecule has 0 heterocycles. The zero-order valence-corrected chi connectivity index (χ0v) is 12.1. The Hall–Kier alpha value is -1.62. The summed E-state index contributed by atoms with van der Waals surface area (Å²) in [6.07, 6.45) is 5.57. The predicted octanol–water partition coefficient (Wildman–Crippen LogP) is 1.56. The van der Waals surface area contributed by atoms with Crippen molar-refractivity contribution in [3.63, 3.8) is 0 Å². The van der Waals surface area contributed by atoms with E-state index in [4.69, 9.17) is 5.73 Å². The molecule has 3 N–H and O–H groups in total. The van der Waals surface area contributed by atoms with Crippen molar-refractivity contribution < 1.29 is 9.00 Å². The Labute approximate surface area is 116 Å². The summed E-state index contributed by atoms with van der Waals surface area (Å²) in [4.78, 5) is 11.7. The van der Waals surface area contributed by atoms with E-state index in [-0.39, 0.29) is 11.9 Å². The molecule has 1 aromatic carbocycles. The number of carbonyl (C=O) groups is 1. The highest BCUT2D eigenvalue weighted by atomic mass is 32.2. The number of anilines is 1. The van der Waals surface area contributed by atoms with E-state index in [1.54, 1.807) is 24.5 Å². The molecule has 2 atom stereocenters. The van der Waals surface area contributed by atoms with Crippen LogP contribution in [0.2, 0.25) is 0 Å². The lowest BCUT2D eigenvalue weighted by molar-refractivity contribution is -0.117. The van der Waals surface area contributed by atoms with Gasteiger partial charge < -0.3 is 11.1 Å². The first-order chi connectivity index (χ1) is 8.97. The van der Waals surface area contributed by atoms with Crippen molar-refractivity contribution in [2.45, 2.75) is 19.4 Å². The first kappa shape index (κ1) is 15.4. The van der Waals surface area contributed by atoms with Crippen LogP contribution in [-0.2, 0) is 15.6 Å². The molecule has 5 heteroatoms. The highest BCUT2D eigenvalue weighted by Crippen LogP contribution is 2.07. The van der Waals surface area contributed by atoms with Gasteiger partial charge in [-0.1, -0.05) is 12.1 Å². The van der Waals surface area contributed by atoms with Gasteiger partial charge in [0.2, 0.25) is 5.91 Å². The fourth-order valence-electron chi connectivity index (χ4n) is 1.54. The van der Waals surface area contributed by atoms with Crippen LogP contribution in [-0.4, -0.2) is 28.2 Å². The molecule has 0 fully saturated rings. The molecular weight excluding hydrogens is 260 g/mol. The number of benzene rings is 1. The molecule has 1 rings (SSSR count). The number of amides is 1. The molecule has 0 aromatic heterocycles. The lowest BCUT2D eigenvalue weighted by Gasteiger charge is -2.11. The number of rotatable bonds is 6. The largest absolute Gasteiger partial charge is 0.399 e. The van der Waals surface area contributed by atoms with Crippen molar-refractivity contribution in [2.75, 3.05) is 17.7 Å². The fraction of sp³-hybridized carbons (Fsp3) is 0.357. The number of nitrogen functional groups attached to an aromatic ring is 1. The Bertz CT molecular complexity index is 486. The Morgan fingerprint density at radius 2 is 2.26 bits per heavy atom. The van der Waals surface area contributed by atoms with E-state index in [9.17, 15) is 9.00 Å². The smallest absolute Gasteiger partial charge is 0.244 e. The Morgan fingerprint density at radius 1 is 1.53 bits per heavy atom. The number of hydrogen-bond donors (Lipinski definition) is 2. The third-order valence-corrected chi connectivity index (χ3v) is 3.38. The minimum absolute atomic E-state index is 0.0156. The average molecular weight is 280 g/mol. The van der Waals surface area contributed by atoms with Gasteiger partial charge in [-0.05, 0) is 37.1 Å². The van der Waals surface area contributed by atoms with Crippen LogP contribution in [0.3, 0.4) is 0 Å². The second-order valence-corrected chi connectivity index (χ2v) is 6.03. The summed E-state index contributed by atoms with van der Waals surface area (Å²) in [5, 5.41) is 2.83. The van der Waals surface area contributed by atoms with Crippen molar-refractivity contribution in [2.24, 2.45) is 0 Å². The van der Waals surface area contributed by atoms with Gasteiger partial charge >= 0.3 is 0 Å². The van der Waals surface area contributed by atoms with Crippen LogP contribution in [0, 0.1) is 0 Å². The maximum atomic E-state index is 11.7. The maximum Gasteiger partial charge on any atom is 0.244 e. The first-order valence-corrected chi connectivity index (χ1v) is 7.84. The summed E-state index contributed by atoms with van der Waals surface area (Å²) in [6.45, 7) is 1.90. The Morgan fingerprint density at radius 3 is 2.89 bits per heavy atom. The van der Waals surface area contributed by atoms with Crippen LogP contribution >= 0.6 is 0 Å². The molecule has 0 aliphatic heterocycles. The lowest BCUT2D eigenvalue weighted by Crippen LogP contribution is -2.32. The Kier molecular flexibility index (Phi) is 6.29. The molecule has 0 aliphatic carbocycles. The van der Waals surface area contributed by atoms with Crippen molar-refractivity contribution in [1.29, 1.82) is 0 Å². The first-order valence-electron chi connectivity index (χ1n) is 6.11. The zero-order chi connectivity index (χ0) is 14.3. The van der Waals surface area contributed by atoms with E-state index in [0.717, 1.165) is 5.56 Å². The van der Waals surface area contributed by atoms with Crippen LogP contribution < -0.4 is 11.1 Å². The predicted molar refractivity (Wildman–Crippen MR) is 81.0 cm³/mol. The molecule has 0 saturated carbocycles. The topological polar surface area (TPSA) is 72.2 Å². The number of nitrogens with two attached hydrogens (primary N) is 1. The van der Waals surface area contributed by atoms with E-state index in [1.165, 1.54) is 6.08 Å². The lowest BCUT2D eigenvalue weighted by atomic mass is 10.2. The quantitative estimate of drug-likeness (QED) is 0.613. The van der Waals surface area contributed by atoms with E-state index in [0.29, 0.717) is 17.9 Å². The van der Waals surface area contributed by atoms with Gasteiger partial charge in [0.15, 0.2) is 0 Å². The van der Waals surface area contributed by atoms with Gasteiger partial charge in [0.1, 0.15) is 0 Å². The van der Waals surface area contributed by atoms with Crippen LogP contribution in [0.1, 0.15) is 18.9 Å². The molecule has 1 amide bonds. The van der Waals surface area contributed by atoms with Crippen molar-refractivity contribution in [1.82, 2.24) is 5.32 Å². The number of nitrogens with one attached hydrogen (secondary N) is 1. The normalized spacial score (nSPS) is 14.2. The van der Waals surface area contributed by atoms with Gasteiger partial charge in [-0.25, -0.2) is 0 Å². The number of carbonyl (C=O) groups excluding carboxylic acids is 1. The summed E-state index contributed by atoms with van der Waals surface area (Å²) in [5.41, 5.74) is 7.20. The van der Waals surface area contributed by atoms with Crippen molar-refractivity contribution >= 4 is 28.5 Å². The zero-order valence-electron chi connectivity index (χ0n) is 11.3. The molecule has 2 unspecified atom stereocenters. The van der Waals surface area contributed by atoms with Gasteiger partial charge in [-0.15, -0.1) is 0 Å². The van der Waals surface area contributed by atoms with Gasteiger partial charge in [-0.2, -0.15) is 0 Å². The summed E-state index contributed by atoms with van der Waals surface area (Å²) >= 11 is 0. The minimum Gasteiger partial charge on any atom is -0.399 e. The summed E-state index contributed by atoms with van der Waals surface area (Å²) < 4.78 is 10.9.